The molecule has 1 fully saturated rings. The number of hydrogen-bond acceptors (Lipinski definition) is 3. The number of nitrogens with zero attached hydrogens (tertiary/aromatic N) is 3. The van der Waals surface area contributed by atoms with Crippen LogP contribution in [0.3, 0.4) is 0 Å². The van der Waals surface area contributed by atoms with Gasteiger partial charge in [0.05, 0.1) is 6.04 Å². The summed E-state index contributed by atoms with van der Waals surface area (Å²) < 4.78 is 37.7. The standard InChI is InChI=1S/C13H16F3N5/c14-13(15,16)11-7-9(19-20-11)8-21-6-2-1-3-10(21)12-17-4-5-18-12/h4-5,7,10H,1-3,6,8H2,(H,17,18)(H,19,20). The number of rotatable bonds is 3. The third-order valence-corrected chi connectivity index (χ3v) is 3.74. The van der Waals surface area contributed by atoms with E-state index in [1.807, 2.05) is 0 Å². The van der Waals surface area contributed by atoms with E-state index in [0.29, 0.717) is 12.2 Å². The van der Waals surface area contributed by atoms with Gasteiger partial charge in [-0.15, -0.1) is 0 Å². The smallest absolute Gasteiger partial charge is 0.347 e. The second-order valence-corrected chi connectivity index (χ2v) is 5.23. The van der Waals surface area contributed by atoms with Crippen LogP contribution in [0.5, 0.6) is 0 Å². The van der Waals surface area contributed by atoms with Crippen LogP contribution in [0.15, 0.2) is 18.5 Å². The maximum absolute atomic E-state index is 12.6. The molecular weight excluding hydrogens is 283 g/mol. The van der Waals surface area contributed by atoms with E-state index in [1.165, 1.54) is 0 Å². The van der Waals surface area contributed by atoms with Crippen LogP contribution >= 0.6 is 0 Å². The van der Waals surface area contributed by atoms with Crippen molar-refractivity contribution in [2.24, 2.45) is 0 Å². The van der Waals surface area contributed by atoms with Crippen LogP contribution in [0.4, 0.5) is 13.2 Å². The first-order chi connectivity index (χ1) is 10.0. The van der Waals surface area contributed by atoms with Crippen molar-refractivity contribution in [2.75, 3.05) is 6.54 Å². The first-order valence-electron chi connectivity index (χ1n) is 6.89. The molecule has 3 rings (SSSR count). The summed E-state index contributed by atoms with van der Waals surface area (Å²) in [4.78, 5) is 9.50. The van der Waals surface area contributed by atoms with E-state index in [9.17, 15) is 13.2 Å². The van der Waals surface area contributed by atoms with E-state index < -0.39 is 11.9 Å². The van der Waals surface area contributed by atoms with Gasteiger partial charge in [-0.25, -0.2) is 4.98 Å². The molecule has 0 aromatic carbocycles. The number of imidazole rings is 1. The van der Waals surface area contributed by atoms with E-state index in [-0.39, 0.29) is 6.04 Å². The van der Waals surface area contributed by atoms with Crippen molar-refractivity contribution in [2.45, 2.75) is 38.0 Å². The van der Waals surface area contributed by atoms with Crippen molar-refractivity contribution in [1.29, 1.82) is 0 Å². The highest BCUT2D eigenvalue weighted by Gasteiger charge is 2.34. The SMILES string of the molecule is FC(F)(F)c1cc(CN2CCCCC2c2ncc[nH]2)[nH]n1. The molecule has 0 amide bonds. The number of aromatic nitrogens is 4. The predicted molar refractivity (Wildman–Crippen MR) is 69.2 cm³/mol. The summed E-state index contributed by atoms with van der Waals surface area (Å²) in [6.45, 7) is 1.25. The molecule has 1 aliphatic heterocycles. The quantitative estimate of drug-likeness (QED) is 0.916. The Labute approximate surface area is 119 Å². The Morgan fingerprint density at radius 3 is 2.86 bits per heavy atom. The van der Waals surface area contributed by atoms with Gasteiger partial charge in [-0.05, 0) is 25.5 Å². The number of hydrogen-bond donors (Lipinski definition) is 2. The number of piperidine rings is 1. The van der Waals surface area contributed by atoms with Crippen molar-refractivity contribution in [1.82, 2.24) is 25.1 Å². The van der Waals surface area contributed by atoms with Crippen molar-refractivity contribution < 1.29 is 13.2 Å². The monoisotopic (exact) mass is 299 g/mol. The zero-order valence-electron chi connectivity index (χ0n) is 11.3. The average Bonchev–Trinajstić information content (AvgIpc) is 3.09. The topological polar surface area (TPSA) is 60.6 Å². The summed E-state index contributed by atoms with van der Waals surface area (Å²) in [5.41, 5.74) is -0.398. The van der Waals surface area contributed by atoms with Gasteiger partial charge in [-0.1, -0.05) is 6.42 Å². The van der Waals surface area contributed by atoms with Crippen LogP contribution in [0, 0.1) is 0 Å². The Morgan fingerprint density at radius 1 is 1.33 bits per heavy atom. The van der Waals surface area contributed by atoms with Gasteiger partial charge in [-0.3, -0.25) is 10.00 Å². The van der Waals surface area contributed by atoms with Crippen LogP contribution in [-0.2, 0) is 12.7 Å². The molecule has 0 radical (unpaired) electrons. The van der Waals surface area contributed by atoms with E-state index in [2.05, 4.69) is 25.1 Å². The molecule has 5 nitrogen and oxygen atoms in total. The summed E-state index contributed by atoms with van der Waals surface area (Å²) in [6.07, 6.45) is 2.14. The van der Waals surface area contributed by atoms with E-state index in [4.69, 9.17) is 0 Å². The van der Waals surface area contributed by atoms with Crippen LogP contribution in [0.1, 0.15) is 42.5 Å². The largest absolute Gasteiger partial charge is 0.435 e. The number of likely N-dealkylation sites (tertiary alicyclic amines) is 1. The van der Waals surface area contributed by atoms with Crippen molar-refractivity contribution in [3.63, 3.8) is 0 Å². The molecule has 8 heteroatoms. The van der Waals surface area contributed by atoms with Crippen LogP contribution in [0.2, 0.25) is 0 Å². The number of halogens is 3. The fraction of sp³-hybridized carbons (Fsp3) is 0.538. The Hall–Kier alpha value is -1.83. The number of nitrogens with one attached hydrogen (secondary N) is 2. The minimum absolute atomic E-state index is 0.117. The summed E-state index contributed by atoms with van der Waals surface area (Å²) in [5.74, 6) is 0.866. The Kier molecular flexibility index (Phi) is 3.71. The maximum Gasteiger partial charge on any atom is 0.435 e. The molecule has 2 aromatic heterocycles. The van der Waals surface area contributed by atoms with Crippen LogP contribution in [0.25, 0.3) is 0 Å². The van der Waals surface area contributed by atoms with E-state index in [1.54, 1.807) is 12.4 Å². The first kappa shape index (κ1) is 14.1. The van der Waals surface area contributed by atoms with Gasteiger partial charge < -0.3 is 4.98 Å². The van der Waals surface area contributed by atoms with Gasteiger partial charge in [-0.2, -0.15) is 18.3 Å². The molecular formula is C13H16F3N5. The highest BCUT2D eigenvalue weighted by molar-refractivity contribution is 5.12. The summed E-state index contributed by atoms with van der Waals surface area (Å²) in [7, 11) is 0. The molecule has 0 bridgehead atoms. The zero-order valence-corrected chi connectivity index (χ0v) is 11.3. The molecule has 1 aliphatic rings. The predicted octanol–water partition coefficient (Wildman–Crippen LogP) is 2.88. The molecule has 1 saturated heterocycles. The Morgan fingerprint density at radius 2 is 2.19 bits per heavy atom. The van der Waals surface area contributed by atoms with Gasteiger partial charge in [0.2, 0.25) is 0 Å². The molecule has 21 heavy (non-hydrogen) atoms. The van der Waals surface area contributed by atoms with Crippen molar-refractivity contribution in [3.8, 4) is 0 Å². The summed E-state index contributed by atoms with van der Waals surface area (Å²) >= 11 is 0. The second-order valence-electron chi connectivity index (χ2n) is 5.23. The summed E-state index contributed by atoms with van der Waals surface area (Å²) in [5, 5.41) is 5.82. The normalized spacial score (nSPS) is 20.8. The van der Waals surface area contributed by atoms with E-state index >= 15 is 0 Å². The summed E-state index contributed by atoms with van der Waals surface area (Å²) in [6, 6.07) is 1.19. The lowest BCUT2D eigenvalue weighted by molar-refractivity contribution is -0.141. The maximum atomic E-state index is 12.6. The number of H-pyrrole nitrogens is 2. The lowest BCUT2D eigenvalue weighted by atomic mass is 10.0. The molecule has 1 unspecified atom stereocenters. The molecule has 0 aliphatic carbocycles. The van der Waals surface area contributed by atoms with Crippen molar-refractivity contribution in [3.05, 3.63) is 35.7 Å². The lowest BCUT2D eigenvalue weighted by Crippen LogP contribution is -2.33. The molecule has 0 spiro atoms. The molecule has 3 heterocycles. The van der Waals surface area contributed by atoms with Gasteiger partial charge in [0.15, 0.2) is 5.69 Å². The Balaban J connectivity index is 1.74. The number of alkyl halides is 3. The van der Waals surface area contributed by atoms with Crippen LogP contribution < -0.4 is 0 Å². The molecule has 1 atom stereocenters. The third kappa shape index (κ3) is 3.10. The highest BCUT2D eigenvalue weighted by Crippen LogP contribution is 2.31. The first-order valence-corrected chi connectivity index (χ1v) is 6.89. The highest BCUT2D eigenvalue weighted by atomic mass is 19.4. The molecule has 2 aromatic rings. The van der Waals surface area contributed by atoms with Gasteiger partial charge in [0, 0.05) is 24.6 Å². The van der Waals surface area contributed by atoms with Gasteiger partial charge in [0.1, 0.15) is 5.82 Å². The number of aromatic amines is 2. The second kappa shape index (κ2) is 5.51. The molecule has 114 valence electrons. The minimum atomic E-state index is -4.41. The fourth-order valence-corrected chi connectivity index (χ4v) is 2.76. The van der Waals surface area contributed by atoms with E-state index in [0.717, 1.165) is 37.7 Å². The van der Waals surface area contributed by atoms with Gasteiger partial charge >= 0.3 is 6.18 Å². The average molecular weight is 299 g/mol. The zero-order chi connectivity index (χ0) is 14.9. The fourth-order valence-electron chi connectivity index (χ4n) is 2.76. The van der Waals surface area contributed by atoms with Crippen molar-refractivity contribution >= 4 is 0 Å². The third-order valence-electron chi connectivity index (χ3n) is 3.74. The minimum Gasteiger partial charge on any atom is -0.347 e. The van der Waals surface area contributed by atoms with Crippen LogP contribution in [-0.4, -0.2) is 31.6 Å². The lowest BCUT2D eigenvalue weighted by Gasteiger charge is -2.34. The molecule has 2 N–H and O–H groups in total. The van der Waals surface area contributed by atoms with Gasteiger partial charge in [0.25, 0.3) is 0 Å². The molecule has 0 saturated carbocycles. The Bertz CT molecular complexity index is 575.